The molecule has 20 heavy (non-hydrogen) atoms. The van der Waals surface area contributed by atoms with Crippen LogP contribution in [0.15, 0.2) is 34.7 Å². The number of nitrogens with zero attached hydrogens (tertiary/aromatic N) is 1. The van der Waals surface area contributed by atoms with Crippen LogP contribution in [0.2, 0.25) is 0 Å². The first-order valence-corrected chi connectivity index (χ1v) is 5.89. The molecule has 1 aromatic heterocycles. The molecule has 0 saturated carbocycles. The monoisotopic (exact) mass is 274 g/mol. The van der Waals surface area contributed by atoms with Gasteiger partial charge in [-0.2, -0.15) is 0 Å². The summed E-state index contributed by atoms with van der Waals surface area (Å²) in [4.78, 5) is 21.1. The Kier molecular flexibility index (Phi) is 2.76. The van der Waals surface area contributed by atoms with Crippen molar-refractivity contribution in [2.75, 3.05) is 5.32 Å². The number of nitrogens with one attached hydrogen (secondary N) is 1. The van der Waals surface area contributed by atoms with E-state index >= 15 is 0 Å². The van der Waals surface area contributed by atoms with E-state index < -0.39 is 16.9 Å². The van der Waals surface area contributed by atoms with Crippen molar-refractivity contribution in [1.29, 1.82) is 0 Å². The van der Waals surface area contributed by atoms with E-state index in [1.54, 1.807) is 18.2 Å². The maximum atomic E-state index is 11.3. The topological polar surface area (TPSA) is 106 Å². The zero-order valence-electron chi connectivity index (χ0n) is 10.2. The summed E-state index contributed by atoms with van der Waals surface area (Å²) in [5, 5.41) is 23.4. The standard InChI is InChI=1S/C13H10N2O5/c16-11-6-8-5-7(1-2-9(8)14-11)13(17)10-3-4-12(20-10)15(18)19/h1-5,13,17H,6H2,(H,14,16). The van der Waals surface area contributed by atoms with E-state index in [0.29, 0.717) is 5.56 Å². The summed E-state index contributed by atoms with van der Waals surface area (Å²) >= 11 is 0. The van der Waals surface area contributed by atoms with Gasteiger partial charge < -0.3 is 14.8 Å². The lowest BCUT2D eigenvalue weighted by Gasteiger charge is -2.09. The Hall–Kier alpha value is -2.67. The number of carbonyl (C=O) groups excluding carboxylic acids is 1. The number of rotatable bonds is 3. The lowest BCUT2D eigenvalue weighted by atomic mass is 10.0. The minimum Gasteiger partial charge on any atom is -0.403 e. The van der Waals surface area contributed by atoms with Crippen molar-refractivity contribution in [2.45, 2.75) is 12.5 Å². The average molecular weight is 274 g/mol. The van der Waals surface area contributed by atoms with E-state index in [2.05, 4.69) is 5.32 Å². The minimum atomic E-state index is -1.11. The highest BCUT2D eigenvalue weighted by Crippen LogP contribution is 2.31. The smallest absolute Gasteiger partial charge is 0.403 e. The molecule has 3 rings (SSSR count). The van der Waals surface area contributed by atoms with Crippen LogP contribution < -0.4 is 5.32 Å². The van der Waals surface area contributed by atoms with Gasteiger partial charge in [-0.1, -0.05) is 12.1 Å². The maximum Gasteiger partial charge on any atom is 0.433 e. The van der Waals surface area contributed by atoms with Crippen molar-refractivity contribution < 1.29 is 19.2 Å². The number of benzene rings is 1. The molecule has 7 heteroatoms. The molecule has 1 aliphatic rings. The number of amides is 1. The van der Waals surface area contributed by atoms with E-state index in [0.717, 1.165) is 11.3 Å². The fraction of sp³-hybridized carbons (Fsp3) is 0.154. The van der Waals surface area contributed by atoms with E-state index in [1.165, 1.54) is 12.1 Å². The molecule has 1 aromatic carbocycles. The molecule has 102 valence electrons. The molecule has 2 heterocycles. The molecule has 1 unspecified atom stereocenters. The predicted octanol–water partition coefficient (Wildman–Crippen LogP) is 1.76. The summed E-state index contributed by atoms with van der Waals surface area (Å²) < 4.78 is 4.97. The number of nitro groups is 1. The van der Waals surface area contributed by atoms with Gasteiger partial charge in [-0.15, -0.1) is 0 Å². The Bertz CT molecular complexity index is 707. The first kappa shape index (κ1) is 12.4. The van der Waals surface area contributed by atoms with Crippen LogP contribution >= 0.6 is 0 Å². The van der Waals surface area contributed by atoms with Gasteiger partial charge in [0.05, 0.1) is 12.5 Å². The van der Waals surface area contributed by atoms with Gasteiger partial charge in [-0.25, -0.2) is 0 Å². The van der Waals surface area contributed by atoms with Crippen LogP contribution in [0.5, 0.6) is 0 Å². The molecule has 0 spiro atoms. The molecule has 2 aromatic rings. The van der Waals surface area contributed by atoms with Crippen molar-refractivity contribution in [3.63, 3.8) is 0 Å². The van der Waals surface area contributed by atoms with Crippen LogP contribution in [0.1, 0.15) is 23.0 Å². The molecule has 1 amide bonds. The number of fused-ring (bicyclic) bond motifs is 1. The number of anilines is 1. The quantitative estimate of drug-likeness (QED) is 0.655. The van der Waals surface area contributed by atoms with E-state index in [9.17, 15) is 20.0 Å². The zero-order valence-corrected chi connectivity index (χ0v) is 10.2. The first-order chi connectivity index (χ1) is 9.54. The summed E-state index contributed by atoms with van der Waals surface area (Å²) in [5.74, 6) is -0.425. The number of hydrogen-bond acceptors (Lipinski definition) is 5. The molecule has 0 bridgehead atoms. The Morgan fingerprint density at radius 3 is 2.85 bits per heavy atom. The van der Waals surface area contributed by atoms with Crippen LogP contribution in [0.4, 0.5) is 11.6 Å². The fourth-order valence-electron chi connectivity index (χ4n) is 2.17. The van der Waals surface area contributed by atoms with Crippen LogP contribution in [0, 0.1) is 10.1 Å². The largest absolute Gasteiger partial charge is 0.433 e. The molecular weight excluding hydrogens is 264 g/mol. The second kappa shape index (κ2) is 4.46. The SMILES string of the molecule is O=C1Cc2cc(C(O)c3ccc([N+](=O)[O-])o3)ccc2N1. The summed E-state index contributed by atoms with van der Waals surface area (Å²) in [5.41, 5.74) is 2.02. The van der Waals surface area contributed by atoms with Gasteiger partial charge in [0.15, 0.2) is 0 Å². The van der Waals surface area contributed by atoms with Crippen molar-refractivity contribution in [3.8, 4) is 0 Å². The third-order valence-corrected chi connectivity index (χ3v) is 3.13. The molecule has 0 saturated heterocycles. The molecule has 2 N–H and O–H groups in total. The highest BCUT2D eigenvalue weighted by molar-refractivity contribution is 5.99. The summed E-state index contributed by atoms with van der Waals surface area (Å²) in [7, 11) is 0. The van der Waals surface area contributed by atoms with Gasteiger partial charge in [-0.05, 0) is 23.3 Å². The van der Waals surface area contributed by atoms with Crippen molar-refractivity contribution in [3.05, 3.63) is 57.3 Å². The lowest BCUT2D eigenvalue weighted by Crippen LogP contribution is -2.03. The summed E-state index contributed by atoms with van der Waals surface area (Å²) in [6.07, 6.45) is -0.849. The van der Waals surface area contributed by atoms with Gasteiger partial charge >= 0.3 is 5.88 Å². The molecule has 0 fully saturated rings. The minimum absolute atomic E-state index is 0.0916. The van der Waals surface area contributed by atoms with Crippen LogP contribution in [-0.4, -0.2) is 15.9 Å². The van der Waals surface area contributed by atoms with Crippen LogP contribution in [0.25, 0.3) is 0 Å². The van der Waals surface area contributed by atoms with Crippen LogP contribution in [-0.2, 0) is 11.2 Å². The lowest BCUT2D eigenvalue weighted by molar-refractivity contribution is -0.402. The normalized spacial score (nSPS) is 14.8. The van der Waals surface area contributed by atoms with Gasteiger partial charge in [0.25, 0.3) is 0 Å². The number of aliphatic hydroxyl groups excluding tert-OH is 1. The molecular formula is C13H10N2O5. The van der Waals surface area contributed by atoms with Crippen LogP contribution in [0.3, 0.4) is 0 Å². The Morgan fingerprint density at radius 1 is 1.35 bits per heavy atom. The van der Waals surface area contributed by atoms with Crippen molar-refractivity contribution in [1.82, 2.24) is 0 Å². The third kappa shape index (κ3) is 2.04. The second-order valence-corrected chi connectivity index (χ2v) is 4.48. The summed E-state index contributed by atoms with van der Waals surface area (Å²) in [6.45, 7) is 0. The number of hydrogen-bond donors (Lipinski definition) is 2. The fourth-order valence-corrected chi connectivity index (χ4v) is 2.17. The predicted molar refractivity (Wildman–Crippen MR) is 68.2 cm³/mol. The average Bonchev–Trinajstić information content (AvgIpc) is 3.02. The Morgan fingerprint density at radius 2 is 2.15 bits per heavy atom. The Balaban J connectivity index is 1.90. The third-order valence-electron chi connectivity index (χ3n) is 3.13. The molecule has 7 nitrogen and oxygen atoms in total. The molecule has 1 aliphatic heterocycles. The maximum absolute atomic E-state index is 11.3. The molecule has 0 aliphatic carbocycles. The highest BCUT2D eigenvalue weighted by Gasteiger charge is 2.22. The molecule has 1 atom stereocenters. The second-order valence-electron chi connectivity index (χ2n) is 4.48. The van der Waals surface area contributed by atoms with E-state index in [-0.39, 0.29) is 18.1 Å². The van der Waals surface area contributed by atoms with Gasteiger partial charge in [0.2, 0.25) is 5.91 Å². The van der Waals surface area contributed by atoms with Gasteiger partial charge in [0.1, 0.15) is 16.8 Å². The molecule has 0 radical (unpaired) electrons. The van der Waals surface area contributed by atoms with E-state index in [4.69, 9.17) is 4.42 Å². The number of furan rings is 1. The van der Waals surface area contributed by atoms with Gasteiger partial charge in [-0.3, -0.25) is 14.9 Å². The zero-order chi connectivity index (χ0) is 14.3. The summed E-state index contributed by atoms with van der Waals surface area (Å²) in [6, 6.07) is 7.57. The van der Waals surface area contributed by atoms with Gasteiger partial charge in [0, 0.05) is 5.69 Å². The first-order valence-electron chi connectivity index (χ1n) is 5.89. The highest BCUT2D eigenvalue weighted by atomic mass is 16.6. The van der Waals surface area contributed by atoms with Crippen molar-refractivity contribution >= 4 is 17.5 Å². The van der Waals surface area contributed by atoms with Crippen molar-refractivity contribution in [2.24, 2.45) is 0 Å². The number of carbonyl (C=O) groups is 1. The Labute approximate surface area is 113 Å². The van der Waals surface area contributed by atoms with E-state index in [1.807, 2.05) is 0 Å². The number of aliphatic hydroxyl groups is 1.